The number of nitro groups is 1. The molecule has 31 heavy (non-hydrogen) atoms. The summed E-state index contributed by atoms with van der Waals surface area (Å²) in [6.07, 6.45) is -4.69. The highest BCUT2D eigenvalue weighted by Gasteiger charge is 2.50. The average Bonchev–Trinajstić information content (AvgIpc) is 2.72. The lowest BCUT2D eigenvalue weighted by atomic mass is 9.73. The van der Waals surface area contributed by atoms with Gasteiger partial charge in [0.25, 0.3) is 5.69 Å². The number of Topliss-reactive ketones (excluding diaryl/α,β-unsaturated/α-hetero) is 1. The monoisotopic (exact) mass is 430 g/mol. The fraction of sp³-hybridized carbons (Fsp3) is 0.227. The molecule has 2 aromatic rings. The van der Waals surface area contributed by atoms with Crippen LogP contribution in [0.5, 0.6) is 0 Å². The van der Waals surface area contributed by atoms with Gasteiger partial charge in [-0.05, 0) is 17.0 Å². The van der Waals surface area contributed by atoms with E-state index in [1.54, 1.807) is 0 Å². The van der Waals surface area contributed by atoms with Gasteiger partial charge in [0.15, 0.2) is 11.7 Å². The molecule has 1 aliphatic carbocycles. The van der Waals surface area contributed by atoms with E-state index in [1.807, 2.05) is 30.3 Å². The molecule has 6 nitrogen and oxygen atoms in total. The summed E-state index contributed by atoms with van der Waals surface area (Å²) in [4.78, 5) is 23.6. The van der Waals surface area contributed by atoms with Gasteiger partial charge in [-0.2, -0.15) is 13.2 Å². The average molecular weight is 430 g/mol. The molecule has 0 saturated carbocycles. The molecule has 0 saturated heterocycles. The number of halogens is 3. The lowest BCUT2D eigenvalue weighted by Crippen LogP contribution is -2.34. The van der Waals surface area contributed by atoms with Crippen LogP contribution in [-0.2, 0) is 9.53 Å². The van der Waals surface area contributed by atoms with Crippen molar-refractivity contribution in [2.75, 3.05) is 0 Å². The van der Waals surface area contributed by atoms with Crippen LogP contribution in [0.3, 0.4) is 0 Å². The summed E-state index contributed by atoms with van der Waals surface area (Å²) in [6.45, 7) is 0. The number of nitrogens with zero attached hydrogens (tertiary/aromatic N) is 1. The highest BCUT2D eigenvalue weighted by atomic mass is 19.4. The second kappa shape index (κ2) is 7.57. The molecule has 2 atom stereocenters. The number of ketones is 1. The Balaban J connectivity index is 1.85. The predicted octanol–water partition coefficient (Wildman–Crippen LogP) is 4.84. The van der Waals surface area contributed by atoms with Crippen LogP contribution in [0.2, 0.25) is 0 Å². The topological polar surface area (TPSA) is 95.5 Å². The van der Waals surface area contributed by atoms with Crippen LogP contribution in [0.4, 0.5) is 18.9 Å². The van der Waals surface area contributed by atoms with Crippen LogP contribution in [-0.4, -0.2) is 16.9 Å². The first-order chi connectivity index (χ1) is 14.7. The largest absolute Gasteiger partial charge is 0.445 e. The Morgan fingerprint density at radius 2 is 1.71 bits per heavy atom. The number of rotatable bonds is 3. The van der Waals surface area contributed by atoms with Crippen molar-refractivity contribution in [1.82, 2.24) is 0 Å². The molecule has 1 heterocycles. The van der Waals surface area contributed by atoms with Crippen molar-refractivity contribution in [2.24, 2.45) is 5.73 Å². The fourth-order valence-electron chi connectivity index (χ4n) is 4.20. The van der Waals surface area contributed by atoms with Gasteiger partial charge in [0, 0.05) is 30.5 Å². The molecule has 0 fully saturated rings. The number of hydrogen-bond acceptors (Lipinski definition) is 5. The first-order valence-electron chi connectivity index (χ1n) is 9.47. The summed E-state index contributed by atoms with van der Waals surface area (Å²) in [5.41, 5.74) is 4.77. The van der Waals surface area contributed by atoms with Gasteiger partial charge in [0.2, 0.25) is 0 Å². The summed E-state index contributed by atoms with van der Waals surface area (Å²) in [7, 11) is 0. The van der Waals surface area contributed by atoms with Crippen molar-refractivity contribution in [2.45, 2.75) is 30.9 Å². The van der Waals surface area contributed by atoms with Crippen LogP contribution in [0.15, 0.2) is 77.4 Å². The lowest BCUT2D eigenvalue weighted by Gasteiger charge is -2.36. The van der Waals surface area contributed by atoms with Gasteiger partial charge in [-0.1, -0.05) is 42.5 Å². The van der Waals surface area contributed by atoms with E-state index in [9.17, 15) is 28.1 Å². The molecule has 0 aromatic heterocycles. The van der Waals surface area contributed by atoms with Gasteiger partial charge < -0.3 is 10.5 Å². The number of carbonyl (C=O) groups is 1. The first-order valence-corrected chi connectivity index (χ1v) is 9.47. The molecule has 0 amide bonds. The molecule has 160 valence electrons. The summed E-state index contributed by atoms with van der Waals surface area (Å²) < 4.78 is 47.1. The quantitative estimate of drug-likeness (QED) is 0.555. The summed E-state index contributed by atoms with van der Waals surface area (Å²) in [6, 6.07) is 13.9. The van der Waals surface area contributed by atoms with Crippen molar-refractivity contribution in [3.8, 4) is 0 Å². The second-order valence-electron chi connectivity index (χ2n) is 7.44. The molecule has 4 rings (SSSR count). The van der Waals surface area contributed by atoms with E-state index in [1.165, 1.54) is 18.2 Å². The van der Waals surface area contributed by atoms with Crippen LogP contribution in [0.25, 0.3) is 0 Å². The van der Waals surface area contributed by atoms with E-state index < -0.39 is 34.3 Å². The maximum Gasteiger partial charge on any atom is 0.418 e. The number of carbonyl (C=O) groups excluding carboxylic acids is 1. The first kappa shape index (κ1) is 20.6. The van der Waals surface area contributed by atoms with Crippen molar-refractivity contribution < 1.29 is 27.6 Å². The number of alkyl halides is 3. The SMILES string of the molecule is NC1=C(C(F)(F)F)[C@H](c2cccc([N+](=O)[O-])c2)C2=C(C[C@H](c3ccccc3)CC2=O)O1. The molecule has 0 radical (unpaired) electrons. The number of benzene rings is 2. The Kier molecular flexibility index (Phi) is 5.04. The lowest BCUT2D eigenvalue weighted by molar-refractivity contribution is -0.384. The van der Waals surface area contributed by atoms with Gasteiger partial charge in [0.1, 0.15) is 11.3 Å². The minimum atomic E-state index is -4.89. The second-order valence-corrected chi connectivity index (χ2v) is 7.44. The molecule has 2 aliphatic rings. The van der Waals surface area contributed by atoms with E-state index in [4.69, 9.17) is 10.5 Å². The minimum Gasteiger partial charge on any atom is -0.445 e. The predicted molar refractivity (Wildman–Crippen MR) is 105 cm³/mol. The Morgan fingerprint density at radius 3 is 2.35 bits per heavy atom. The van der Waals surface area contributed by atoms with Gasteiger partial charge in [-0.25, -0.2) is 0 Å². The maximum absolute atomic E-state index is 13.9. The Labute approximate surface area is 175 Å². The molecule has 2 N–H and O–H groups in total. The van der Waals surface area contributed by atoms with Gasteiger partial charge in [-0.3, -0.25) is 14.9 Å². The zero-order valence-electron chi connectivity index (χ0n) is 16.1. The van der Waals surface area contributed by atoms with Crippen LogP contribution in [0, 0.1) is 10.1 Å². The third-order valence-corrected chi connectivity index (χ3v) is 5.53. The summed E-state index contributed by atoms with van der Waals surface area (Å²) in [5, 5.41) is 11.2. The van der Waals surface area contributed by atoms with Crippen molar-refractivity contribution >= 4 is 11.5 Å². The summed E-state index contributed by atoms with van der Waals surface area (Å²) >= 11 is 0. The highest BCUT2D eigenvalue weighted by molar-refractivity contribution is 6.00. The molecular weight excluding hydrogens is 413 g/mol. The van der Waals surface area contributed by atoms with Gasteiger partial charge in [0.05, 0.1) is 10.8 Å². The number of allylic oxidation sites excluding steroid dienone is 3. The number of hydrogen-bond donors (Lipinski definition) is 1. The number of ether oxygens (including phenoxy) is 1. The van der Waals surface area contributed by atoms with E-state index in [0.717, 1.165) is 11.6 Å². The van der Waals surface area contributed by atoms with Gasteiger partial charge in [-0.15, -0.1) is 0 Å². The Bertz CT molecular complexity index is 1120. The van der Waals surface area contributed by atoms with Crippen LogP contribution < -0.4 is 5.73 Å². The van der Waals surface area contributed by atoms with Crippen LogP contribution >= 0.6 is 0 Å². The van der Waals surface area contributed by atoms with E-state index in [0.29, 0.717) is 0 Å². The van der Waals surface area contributed by atoms with E-state index in [-0.39, 0.29) is 41.3 Å². The minimum absolute atomic E-state index is 0.00265. The summed E-state index contributed by atoms with van der Waals surface area (Å²) in [5.74, 6) is -3.12. The third kappa shape index (κ3) is 3.78. The zero-order chi connectivity index (χ0) is 22.3. The molecule has 2 aromatic carbocycles. The molecular formula is C22H17F3N2O4. The highest BCUT2D eigenvalue weighted by Crippen LogP contribution is 2.51. The van der Waals surface area contributed by atoms with Crippen molar-refractivity contribution in [3.63, 3.8) is 0 Å². The normalized spacial score (nSPS) is 21.6. The maximum atomic E-state index is 13.9. The molecule has 1 aliphatic heterocycles. The molecule has 9 heteroatoms. The molecule has 0 spiro atoms. The van der Waals surface area contributed by atoms with Crippen LogP contribution in [0.1, 0.15) is 35.8 Å². The smallest absolute Gasteiger partial charge is 0.418 e. The standard InChI is InChI=1S/C22H17F3N2O4/c23-22(24,25)20-18(13-7-4-8-15(9-13)27(29)30)19-16(28)10-14(11-17(19)31-21(20)26)12-5-2-1-3-6-12/h1-9,14,18H,10-11,26H2/t14-,18-/m1/s1. The fourth-order valence-corrected chi connectivity index (χ4v) is 4.20. The van der Waals surface area contributed by atoms with Crippen molar-refractivity contribution in [1.29, 1.82) is 0 Å². The van der Waals surface area contributed by atoms with E-state index in [2.05, 4.69) is 0 Å². The van der Waals surface area contributed by atoms with E-state index >= 15 is 0 Å². The number of nitrogens with two attached hydrogens (primary N) is 1. The molecule has 0 bridgehead atoms. The Morgan fingerprint density at radius 1 is 1.03 bits per heavy atom. The third-order valence-electron chi connectivity index (χ3n) is 5.53. The zero-order valence-corrected chi connectivity index (χ0v) is 16.1. The van der Waals surface area contributed by atoms with Crippen molar-refractivity contribution in [3.05, 3.63) is 98.6 Å². The number of non-ortho nitro benzene ring substituents is 1. The number of nitro benzene ring substituents is 1. The van der Waals surface area contributed by atoms with Gasteiger partial charge >= 0.3 is 6.18 Å². The molecule has 0 unspecified atom stereocenters. The Hall–Kier alpha value is -3.62.